The van der Waals surface area contributed by atoms with Crippen LogP contribution in [0.1, 0.15) is 5.56 Å². The maximum atomic E-state index is 12.8. The molecule has 1 amide bonds. The molecular weight excluding hydrogens is 432 g/mol. The highest BCUT2D eigenvalue weighted by Crippen LogP contribution is 2.26. The number of carbonyl (C=O) groups is 1. The average molecular weight is 459 g/mol. The van der Waals surface area contributed by atoms with Gasteiger partial charge in [-0.1, -0.05) is 53.7 Å². The summed E-state index contributed by atoms with van der Waals surface area (Å²) in [5, 5.41) is 1.48. The SMILES string of the molecule is COCCn1c(SCC(=O)N2CCN(Cc3ccccc3)CC2)nc2cc(Cl)ccc21. The molecule has 0 spiro atoms. The minimum absolute atomic E-state index is 0.160. The molecule has 8 heteroatoms. The van der Waals surface area contributed by atoms with Crippen LogP contribution in [0.2, 0.25) is 5.02 Å². The Morgan fingerprint density at radius 3 is 2.65 bits per heavy atom. The second kappa shape index (κ2) is 10.5. The highest BCUT2D eigenvalue weighted by molar-refractivity contribution is 7.99. The van der Waals surface area contributed by atoms with Gasteiger partial charge in [-0.2, -0.15) is 0 Å². The molecule has 1 saturated heterocycles. The first kappa shape index (κ1) is 22.1. The Hall–Kier alpha value is -2.06. The number of nitrogens with zero attached hydrogens (tertiary/aromatic N) is 4. The number of methoxy groups -OCH3 is 1. The molecule has 0 N–H and O–H groups in total. The van der Waals surface area contributed by atoms with Gasteiger partial charge in [0, 0.05) is 51.4 Å². The first-order valence-corrected chi connectivity index (χ1v) is 11.8. The largest absolute Gasteiger partial charge is 0.383 e. The molecule has 4 rings (SSSR count). The van der Waals surface area contributed by atoms with Gasteiger partial charge < -0.3 is 14.2 Å². The second-order valence-corrected chi connectivity index (χ2v) is 8.98. The summed E-state index contributed by atoms with van der Waals surface area (Å²) in [5.41, 5.74) is 3.16. The molecule has 164 valence electrons. The Bertz CT molecular complexity index is 1020. The zero-order valence-electron chi connectivity index (χ0n) is 17.7. The number of aromatic nitrogens is 2. The number of rotatable bonds is 8. The Balaban J connectivity index is 1.34. The Kier molecular flexibility index (Phi) is 7.50. The molecule has 1 aromatic heterocycles. The number of hydrogen-bond donors (Lipinski definition) is 0. The van der Waals surface area contributed by atoms with Gasteiger partial charge in [-0.05, 0) is 23.8 Å². The number of fused-ring (bicyclic) bond motifs is 1. The molecular formula is C23H27ClN4O2S. The van der Waals surface area contributed by atoms with Crippen LogP contribution in [0.3, 0.4) is 0 Å². The number of amides is 1. The quantitative estimate of drug-likeness (QED) is 0.481. The van der Waals surface area contributed by atoms with Crippen molar-refractivity contribution in [1.82, 2.24) is 19.4 Å². The number of piperazine rings is 1. The number of ether oxygens (including phenoxy) is 1. The van der Waals surface area contributed by atoms with Crippen molar-refractivity contribution in [1.29, 1.82) is 0 Å². The lowest BCUT2D eigenvalue weighted by molar-refractivity contribution is -0.130. The molecule has 0 saturated carbocycles. The van der Waals surface area contributed by atoms with E-state index in [0.717, 1.165) is 48.9 Å². The number of hydrogen-bond acceptors (Lipinski definition) is 5. The van der Waals surface area contributed by atoms with Crippen molar-refractivity contribution in [2.45, 2.75) is 18.2 Å². The summed E-state index contributed by atoms with van der Waals surface area (Å²) in [4.78, 5) is 21.9. The molecule has 31 heavy (non-hydrogen) atoms. The monoisotopic (exact) mass is 458 g/mol. The smallest absolute Gasteiger partial charge is 0.233 e. The molecule has 0 unspecified atom stereocenters. The van der Waals surface area contributed by atoms with E-state index in [1.165, 1.54) is 17.3 Å². The third-order valence-corrected chi connectivity index (χ3v) is 6.69. The maximum absolute atomic E-state index is 12.8. The molecule has 3 aromatic rings. The summed E-state index contributed by atoms with van der Waals surface area (Å²) in [6.07, 6.45) is 0. The van der Waals surface area contributed by atoms with Crippen LogP contribution in [0.5, 0.6) is 0 Å². The van der Waals surface area contributed by atoms with E-state index < -0.39 is 0 Å². The number of benzene rings is 2. The maximum Gasteiger partial charge on any atom is 0.233 e. The zero-order chi connectivity index (χ0) is 21.6. The molecule has 0 aliphatic carbocycles. The lowest BCUT2D eigenvalue weighted by Gasteiger charge is -2.34. The summed E-state index contributed by atoms with van der Waals surface area (Å²) >= 11 is 7.61. The first-order valence-electron chi connectivity index (χ1n) is 10.5. The van der Waals surface area contributed by atoms with Crippen LogP contribution in [-0.4, -0.2) is 70.9 Å². The molecule has 1 aliphatic heterocycles. The Morgan fingerprint density at radius 2 is 1.90 bits per heavy atom. The minimum atomic E-state index is 0.160. The first-order chi connectivity index (χ1) is 15.1. The van der Waals surface area contributed by atoms with Crippen LogP contribution >= 0.6 is 23.4 Å². The van der Waals surface area contributed by atoms with Crippen LogP contribution in [-0.2, 0) is 22.6 Å². The van der Waals surface area contributed by atoms with E-state index in [2.05, 4.69) is 33.7 Å². The molecule has 0 bridgehead atoms. The number of halogens is 1. The van der Waals surface area contributed by atoms with Crippen LogP contribution in [0.15, 0.2) is 53.7 Å². The third kappa shape index (κ3) is 5.60. The van der Waals surface area contributed by atoms with Gasteiger partial charge in [-0.15, -0.1) is 0 Å². The van der Waals surface area contributed by atoms with Crippen LogP contribution < -0.4 is 0 Å². The van der Waals surface area contributed by atoms with E-state index in [4.69, 9.17) is 21.3 Å². The van der Waals surface area contributed by atoms with E-state index in [0.29, 0.717) is 23.9 Å². The zero-order valence-corrected chi connectivity index (χ0v) is 19.2. The van der Waals surface area contributed by atoms with E-state index in [1.807, 2.05) is 29.2 Å². The van der Waals surface area contributed by atoms with Gasteiger partial charge in [-0.3, -0.25) is 9.69 Å². The lowest BCUT2D eigenvalue weighted by Crippen LogP contribution is -2.48. The lowest BCUT2D eigenvalue weighted by atomic mass is 10.2. The highest BCUT2D eigenvalue weighted by atomic mass is 35.5. The summed E-state index contributed by atoms with van der Waals surface area (Å²) < 4.78 is 7.35. The highest BCUT2D eigenvalue weighted by Gasteiger charge is 2.22. The van der Waals surface area contributed by atoms with E-state index in [-0.39, 0.29) is 5.91 Å². The van der Waals surface area contributed by atoms with Gasteiger partial charge in [0.2, 0.25) is 5.91 Å². The number of thioether (sulfide) groups is 1. The van der Waals surface area contributed by atoms with Crippen molar-refractivity contribution in [3.05, 3.63) is 59.1 Å². The van der Waals surface area contributed by atoms with E-state index >= 15 is 0 Å². The fraction of sp³-hybridized carbons (Fsp3) is 0.391. The summed E-state index contributed by atoms with van der Waals surface area (Å²) in [6.45, 7) is 5.53. The average Bonchev–Trinajstić information content (AvgIpc) is 3.13. The van der Waals surface area contributed by atoms with E-state index in [1.54, 1.807) is 7.11 Å². The topological polar surface area (TPSA) is 50.6 Å². The Labute approximate surface area is 192 Å². The fourth-order valence-electron chi connectivity index (χ4n) is 3.80. The van der Waals surface area contributed by atoms with Crippen LogP contribution in [0, 0.1) is 0 Å². The van der Waals surface area contributed by atoms with Gasteiger partial charge in [0.1, 0.15) is 0 Å². The van der Waals surface area contributed by atoms with Crippen LogP contribution in [0.25, 0.3) is 11.0 Å². The predicted octanol–water partition coefficient (Wildman–Crippen LogP) is 3.77. The van der Waals surface area contributed by atoms with Crippen molar-refractivity contribution in [3.8, 4) is 0 Å². The molecule has 6 nitrogen and oxygen atoms in total. The summed E-state index contributed by atoms with van der Waals surface area (Å²) in [5.74, 6) is 0.538. The number of imidazole rings is 1. The predicted molar refractivity (Wildman–Crippen MR) is 126 cm³/mol. The molecule has 2 aromatic carbocycles. The molecule has 1 aliphatic rings. The molecule has 0 atom stereocenters. The standard InChI is InChI=1S/C23H27ClN4O2S/c1-30-14-13-28-21-8-7-19(24)15-20(21)25-23(28)31-17-22(29)27-11-9-26(10-12-27)16-18-5-3-2-4-6-18/h2-8,15H,9-14,16-17H2,1H3. The molecule has 1 fully saturated rings. The van der Waals surface area contributed by atoms with Gasteiger partial charge in [0.15, 0.2) is 5.16 Å². The van der Waals surface area contributed by atoms with Crippen molar-refractivity contribution in [2.24, 2.45) is 0 Å². The van der Waals surface area contributed by atoms with Gasteiger partial charge in [0.25, 0.3) is 0 Å². The van der Waals surface area contributed by atoms with Gasteiger partial charge in [-0.25, -0.2) is 4.98 Å². The van der Waals surface area contributed by atoms with Crippen LogP contribution in [0.4, 0.5) is 0 Å². The van der Waals surface area contributed by atoms with Gasteiger partial charge >= 0.3 is 0 Å². The third-order valence-electron chi connectivity index (χ3n) is 5.49. The Morgan fingerprint density at radius 1 is 1.13 bits per heavy atom. The number of carbonyl (C=O) groups excluding carboxylic acids is 1. The van der Waals surface area contributed by atoms with Gasteiger partial charge in [0.05, 0.1) is 23.4 Å². The van der Waals surface area contributed by atoms with Crippen molar-refractivity contribution < 1.29 is 9.53 Å². The normalized spacial score (nSPS) is 15.0. The van der Waals surface area contributed by atoms with Crippen molar-refractivity contribution >= 4 is 40.3 Å². The minimum Gasteiger partial charge on any atom is -0.383 e. The second-order valence-electron chi connectivity index (χ2n) is 7.60. The fourth-order valence-corrected chi connectivity index (χ4v) is 4.91. The summed E-state index contributed by atoms with van der Waals surface area (Å²) in [7, 11) is 1.68. The molecule has 2 heterocycles. The van der Waals surface area contributed by atoms with Crippen molar-refractivity contribution in [3.63, 3.8) is 0 Å². The summed E-state index contributed by atoms with van der Waals surface area (Å²) in [6, 6.07) is 16.2. The molecule has 0 radical (unpaired) electrons. The van der Waals surface area contributed by atoms with E-state index in [9.17, 15) is 4.79 Å². The van der Waals surface area contributed by atoms with Crippen molar-refractivity contribution in [2.75, 3.05) is 45.6 Å².